The maximum Gasteiger partial charge on any atom is 0.336 e. The van der Waals surface area contributed by atoms with Gasteiger partial charge in [0.2, 0.25) is 0 Å². The van der Waals surface area contributed by atoms with E-state index in [0.29, 0.717) is 10.8 Å². The van der Waals surface area contributed by atoms with Crippen LogP contribution in [0.4, 0.5) is 0 Å². The fraction of sp³-hybridized carbons (Fsp3) is 0. The maximum atomic E-state index is 12.6. The molecule has 0 fully saturated rings. The monoisotopic (exact) mass is 308 g/mol. The molecule has 0 amide bonds. The Labute approximate surface area is 131 Å². The lowest BCUT2D eigenvalue weighted by atomic mass is 9.95. The fourth-order valence-corrected chi connectivity index (χ4v) is 2.50. The third-order valence-electron chi connectivity index (χ3n) is 3.62. The smallest absolute Gasteiger partial charge is 0.336 e. The molecule has 0 aliphatic carbocycles. The van der Waals surface area contributed by atoms with Crippen molar-refractivity contribution in [2.75, 3.05) is 0 Å². The van der Waals surface area contributed by atoms with Gasteiger partial charge in [-0.1, -0.05) is 24.3 Å². The molecule has 23 heavy (non-hydrogen) atoms. The molecule has 0 saturated heterocycles. The van der Waals surface area contributed by atoms with Gasteiger partial charge in [-0.05, 0) is 35.7 Å². The lowest BCUT2D eigenvalue weighted by Gasteiger charge is -2.09. The van der Waals surface area contributed by atoms with Crippen LogP contribution in [-0.4, -0.2) is 27.1 Å². The predicted molar refractivity (Wildman–Crippen MR) is 84.1 cm³/mol. The van der Waals surface area contributed by atoms with Crippen molar-refractivity contribution < 1.29 is 24.9 Å². The first-order chi connectivity index (χ1) is 11.0. The molecule has 5 heteroatoms. The van der Waals surface area contributed by atoms with Crippen molar-refractivity contribution in [1.82, 2.24) is 0 Å². The molecule has 0 bridgehead atoms. The third-order valence-corrected chi connectivity index (χ3v) is 3.62. The van der Waals surface area contributed by atoms with Gasteiger partial charge in [0, 0.05) is 10.9 Å². The molecule has 0 atom stereocenters. The van der Waals surface area contributed by atoms with Crippen LogP contribution in [0.15, 0.2) is 54.6 Å². The summed E-state index contributed by atoms with van der Waals surface area (Å²) in [5.74, 6) is -1.98. The van der Waals surface area contributed by atoms with Gasteiger partial charge in [0.05, 0.1) is 11.1 Å². The zero-order chi connectivity index (χ0) is 16.6. The SMILES string of the molecule is O=C(O)c1ccccc1C(=O)c1ccc2cc(O)ccc2c1O. The van der Waals surface area contributed by atoms with Gasteiger partial charge in [-0.3, -0.25) is 4.79 Å². The highest BCUT2D eigenvalue weighted by Gasteiger charge is 2.21. The van der Waals surface area contributed by atoms with E-state index in [4.69, 9.17) is 0 Å². The summed E-state index contributed by atoms with van der Waals surface area (Å²) >= 11 is 0. The summed E-state index contributed by atoms with van der Waals surface area (Å²) in [5.41, 5.74) is -0.104. The predicted octanol–water partition coefficient (Wildman–Crippen LogP) is 3.18. The topological polar surface area (TPSA) is 94.8 Å². The van der Waals surface area contributed by atoms with E-state index in [1.54, 1.807) is 12.1 Å². The van der Waals surface area contributed by atoms with Gasteiger partial charge in [0.1, 0.15) is 11.5 Å². The number of aromatic carboxylic acids is 1. The van der Waals surface area contributed by atoms with Crippen LogP contribution in [-0.2, 0) is 0 Å². The van der Waals surface area contributed by atoms with Crippen LogP contribution in [0, 0.1) is 0 Å². The molecule has 0 heterocycles. The molecule has 3 aromatic rings. The number of carbonyl (C=O) groups is 2. The average Bonchev–Trinajstić information content (AvgIpc) is 2.54. The van der Waals surface area contributed by atoms with Crippen LogP contribution >= 0.6 is 0 Å². The number of rotatable bonds is 3. The number of hydrogen-bond acceptors (Lipinski definition) is 4. The average molecular weight is 308 g/mol. The van der Waals surface area contributed by atoms with Crippen molar-refractivity contribution in [2.24, 2.45) is 0 Å². The Kier molecular flexibility index (Phi) is 3.46. The first-order valence-electron chi connectivity index (χ1n) is 6.81. The Morgan fingerprint density at radius 1 is 0.783 bits per heavy atom. The Balaban J connectivity index is 2.18. The van der Waals surface area contributed by atoms with Crippen LogP contribution in [0.3, 0.4) is 0 Å². The Bertz CT molecular complexity index is 943. The summed E-state index contributed by atoms with van der Waals surface area (Å²) in [5, 5.41) is 30.0. The second-order valence-corrected chi connectivity index (χ2v) is 5.05. The standard InChI is InChI=1S/C18H12O5/c19-11-6-8-12-10(9-11)5-7-15(16(12)20)17(21)13-3-1-2-4-14(13)18(22)23/h1-9,19-20H,(H,22,23). The first kappa shape index (κ1) is 14.6. The van der Waals surface area contributed by atoms with Crippen LogP contribution in [0.1, 0.15) is 26.3 Å². The van der Waals surface area contributed by atoms with Crippen LogP contribution < -0.4 is 0 Å². The van der Waals surface area contributed by atoms with E-state index in [-0.39, 0.29) is 28.2 Å². The summed E-state index contributed by atoms with van der Waals surface area (Å²) < 4.78 is 0. The number of carboxylic acid groups (broad SMARTS) is 1. The number of ketones is 1. The van der Waals surface area contributed by atoms with Crippen molar-refractivity contribution in [2.45, 2.75) is 0 Å². The quantitative estimate of drug-likeness (QED) is 0.646. The fourth-order valence-electron chi connectivity index (χ4n) is 2.50. The van der Waals surface area contributed by atoms with Crippen LogP contribution in [0.5, 0.6) is 11.5 Å². The minimum atomic E-state index is -1.21. The molecule has 0 saturated carbocycles. The summed E-state index contributed by atoms with van der Waals surface area (Å²) in [4.78, 5) is 23.9. The highest BCUT2D eigenvalue weighted by atomic mass is 16.4. The van der Waals surface area contributed by atoms with E-state index in [1.807, 2.05) is 0 Å². The maximum absolute atomic E-state index is 12.6. The number of carbonyl (C=O) groups excluding carboxylic acids is 1. The molecule has 3 N–H and O–H groups in total. The van der Waals surface area contributed by atoms with E-state index in [1.165, 1.54) is 42.5 Å². The normalized spacial score (nSPS) is 10.6. The van der Waals surface area contributed by atoms with Crippen molar-refractivity contribution in [3.63, 3.8) is 0 Å². The van der Waals surface area contributed by atoms with Gasteiger partial charge in [-0.15, -0.1) is 0 Å². The summed E-state index contributed by atoms with van der Waals surface area (Å²) in [6, 6.07) is 13.2. The lowest BCUT2D eigenvalue weighted by molar-refractivity contribution is 0.0692. The van der Waals surface area contributed by atoms with Gasteiger partial charge in [-0.2, -0.15) is 0 Å². The van der Waals surface area contributed by atoms with Crippen LogP contribution in [0.25, 0.3) is 10.8 Å². The van der Waals surface area contributed by atoms with E-state index in [2.05, 4.69) is 0 Å². The van der Waals surface area contributed by atoms with E-state index in [9.17, 15) is 24.9 Å². The molecule has 114 valence electrons. The largest absolute Gasteiger partial charge is 0.508 e. The number of benzene rings is 3. The zero-order valence-corrected chi connectivity index (χ0v) is 11.9. The lowest BCUT2D eigenvalue weighted by Crippen LogP contribution is -2.09. The number of hydrogen-bond donors (Lipinski definition) is 3. The molecule has 0 aliphatic heterocycles. The summed E-state index contributed by atoms with van der Waals surface area (Å²) in [7, 11) is 0. The van der Waals surface area contributed by atoms with Gasteiger partial charge in [0.25, 0.3) is 0 Å². The molecule has 0 unspecified atom stereocenters. The number of fused-ring (bicyclic) bond motifs is 1. The van der Waals surface area contributed by atoms with E-state index >= 15 is 0 Å². The van der Waals surface area contributed by atoms with Crippen molar-refractivity contribution in [1.29, 1.82) is 0 Å². The molecule has 0 aromatic heterocycles. The van der Waals surface area contributed by atoms with Crippen molar-refractivity contribution in [3.8, 4) is 11.5 Å². The highest BCUT2D eigenvalue weighted by Crippen LogP contribution is 2.32. The van der Waals surface area contributed by atoms with Gasteiger partial charge >= 0.3 is 5.97 Å². The molecule has 3 aromatic carbocycles. The minimum absolute atomic E-state index is 0.00780. The van der Waals surface area contributed by atoms with Gasteiger partial charge in [0.15, 0.2) is 5.78 Å². The van der Waals surface area contributed by atoms with Crippen molar-refractivity contribution in [3.05, 3.63) is 71.3 Å². The number of phenolic OH excluding ortho intramolecular Hbond substituents is 2. The molecular formula is C18H12O5. The molecular weight excluding hydrogens is 296 g/mol. The second kappa shape index (κ2) is 5.46. The highest BCUT2D eigenvalue weighted by molar-refractivity contribution is 6.17. The first-order valence-corrected chi connectivity index (χ1v) is 6.81. The van der Waals surface area contributed by atoms with Gasteiger partial charge in [-0.25, -0.2) is 4.79 Å². The van der Waals surface area contributed by atoms with E-state index < -0.39 is 11.8 Å². The molecule has 0 aliphatic rings. The summed E-state index contributed by atoms with van der Waals surface area (Å²) in [6.45, 7) is 0. The molecule has 5 nitrogen and oxygen atoms in total. The minimum Gasteiger partial charge on any atom is -0.508 e. The number of aromatic hydroxyl groups is 2. The van der Waals surface area contributed by atoms with Crippen LogP contribution in [0.2, 0.25) is 0 Å². The van der Waals surface area contributed by atoms with Gasteiger partial charge < -0.3 is 15.3 Å². The molecule has 3 rings (SSSR count). The third kappa shape index (κ3) is 2.48. The summed E-state index contributed by atoms with van der Waals surface area (Å²) in [6.07, 6.45) is 0. The Morgan fingerprint density at radius 2 is 1.48 bits per heavy atom. The Hall–Kier alpha value is -3.34. The Morgan fingerprint density at radius 3 is 2.17 bits per heavy atom. The molecule has 0 spiro atoms. The zero-order valence-electron chi connectivity index (χ0n) is 11.9. The molecule has 0 radical (unpaired) electrons. The second-order valence-electron chi connectivity index (χ2n) is 5.05. The number of carboxylic acids is 1. The van der Waals surface area contributed by atoms with E-state index in [0.717, 1.165) is 0 Å². The number of phenols is 2. The van der Waals surface area contributed by atoms with Crippen molar-refractivity contribution >= 4 is 22.5 Å².